The van der Waals surface area contributed by atoms with Gasteiger partial charge in [-0.15, -0.1) is 11.3 Å². The summed E-state index contributed by atoms with van der Waals surface area (Å²) in [6.07, 6.45) is 1.10. The minimum absolute atomic E-state index is 0.00247. The van der Waals surface area contributed by atoms with E-state index in [1.807, 2.05) is 4.90 Å². The summed E-state index contributed by atoms with van der Waals surface area (Å²) in [6.45, 7) is 3.94. The average Bonchev–Trinajstić information content (AvgIpc) is 3.00. The summed E-state index contributed by atoms with van der Waals surface area (Å²) < 4.78 is 24.4. The number of aliphatic hydroxyl groups excluding tert-OH is 1. The Morgan fingerprint density at radius 2 is 2.23 bits per heavy atom. The first kappa shape index (κ1) is 17.2. The van der Waals surface area contributed by atoms with Gasteiger partial charge >= 0.3 is 0 Å². The molecule has 2 heterocycles. The van der Waals surface area contributed by atoms with Gasteiger partial charge < -0.3 is 15.7 Å². The molecular weight excluding hydrogens is 322 g/mol. The number of piperidine rings is 1. The van der Waals surface area contributed by atoms with Gasteiger partial charge in [0.2, 0.25) is 0 Å². The van der Waals surface area contributed by atoms with E-state index < -0.39 is 15.9 Å². The summed E-state index contributed by atoms with van der Waals surface area (Å²) >= 11 is 1.15. The first-order chi connectivity index (χ1) is 10.4. The highest BCUT2D eigenvalue weighted by atomic mass is 32.2. The van der Waals surface area contributed by atoms with E-state index in [1.54, 1.807) is 17.5 Å². The molecule has 0 spiro atoms. The lowest BCUT2D eigenvalue weighted by atomic mass is 10.00. The van der Waals surface area contributed by atoms with E-state index in [2.05, 4.69) is 11.9 Å². The minimum atomic E-state index is -3.45. The summed E-state index contributed by atoms with van der Waals surface area (Å²) in [7, 11) is -3.45. The molecule has 2 rings (SSSR count). The quantitative estimate of drug-likeness (QED) is 0.611. The van der Waals surface area contributed by atoms with Crippen LogP contribution >= 0.6 is 11.3 Å². The fourth-order valence-electron chi connectivity index (χ4n) is 2.37. The second-order valence-electron chi connectivity index (χ2n) is 5.74. The first-order valence-corrected chi connectivity index (χ1v) is 9.91. The topological polar surface area (TPSA) is 96.0 Å². The number of aliphatic hydroxyl groups is 1. The number of nitrogens with zero attached hydrogens (tertiary/aromatic N) is 2. The Hall–Kier alpha value is -1.12. The Morgan fingerprint density at radius 1 is 1.55 bits per heavy atom. The smallest absolute Gasteiger partial charge is 0.191 e. The molecule has 0 saturated carbocycles. The van der Waals surface area contributed by atoms with Gasteiger partial charge in [-0.25, -0.2) is 8.42 Å². The number of rotatable bonds is 5. The molecule has 0 amide bonds. The van der Waals surface area contributed by atoms with E-state index >= 15 is 0 Å². The number of hydrogen-bond donors (Lipinski definition) is 2. The monoisotopic (exact) mass is 345 g/mol. The van der Waals surface area contributed by atoms with Crippen molar-refractivity contribution in [1.82, 2.24) is 4.90 Å². The zero-order valence-electron chi connectivity index (χ0n) is 12.7. The van der Waals surface area contributed by atoms with Gasteiger partial charge in [0.15, 0.2) is 15.8 Å². The zero-order chi connectivity index (χ0) is 16.2. The van der Waals surface area contributed by atoms with Crippen LogP contribution in [0.25, 0.3) is 0 Å². The van der Waals surface area contributed by atoms with E-state index in [4.69, 9.17) is 5.73 Å². The Morgan fingerprint density at radius 3 is 2.82 bits per heavy atom. The van der Waals surface area contributed by atoms with E-state index in [0.29, 0.717) is 11.9 Å². The van der Waals surface area contributed by atoms with E-state index in [1.165, 1.54) is 0 Å². The second kappa shape index (κ2) is 7.43. The molecule has 0 bridgehead atoms. The Kier molecular flexibility index (Phi) is 5.82. The Balaban J connectivity index is 1.87. The summed E-state index contributed by atoms with van der Waals surface area (Å²) in [5, 5.41) is 11.6. The van der Waals surface area contributed by atoms with Crippen molar-refractivity contribution in [1.29, 1.82) is 0 Å². The Bertz CT molecular complexity index is 591. The van der Waals surface area contributed by atoms with Crippen LogP contribution in [0.2, 0.25) is 0 Å². The molecule has 0 radical (unpaired) electrons. The Labute approximate surface area is 135 Å². The lowest BCUT2D eigenvalue weighted by Gasteiger charge is -2.31. The number of guanidine groups is 1. The van der Waals surface area contributed by atoms with Gasteiger partial charge in [0.05, 0.1) is 18.4 Å². The molecule has 1 fully saturated rings. The highest BCUT2D eigenvalue weighted by Gasteiger charge is 2.21. The van der Waals surface area contributed by atoms with Crippen molar-refractivity contribution >= 4 is 27.1 Å². The summed E-state index contributed by atoms with van der Waals surface area (Å²) in [4.78, 5) is 6.13. The number of likely N-dealkylation sites (tertiary alicyclic amines) is 1. The predicted molar refractivity (Wildman–Crippen MR) is 88.8 cm³/mol. The maximum Gasteiger partial charge on any atom is 0.191 e. The molecule has 0 aliphatic carbocycles. The van der Waals surface area contributed by atoms with E-state index in [9.17, 15) is 13.5 Å². The molecule has 1 saturated heterocycles. The van der Waals surface area contributed by atoms with Crippen LogP contribution in [0.3, 0.4) is 0 Å². The molecule has 1 aliphatic heterocycles. The fourth-order valence-corrected chi connectivity index (χ4v) is 4.83. The zero-order valence-corrected chi connectivity index (χ0v) is 14.3. The number of sulfone groups is 1. The van der Waals surface area contributed by atoms with Crippen molar-refractivity contribution in [2.75, 3.05) is 25.4 Å². The third-order valence-corrected chi connectivity index (χ3v) is 7.07. The lowest BCUT2D eigenvalue weighted by molar-refractivity contribution is 0.205. The molecule has 1 aromatic heterocycles. The average molecular weight is 345 g/mol. The van der Waals surface area contributed by atoms with Crippen LogP contribution in [0, 0.1) is 5.92 Å². The maximum absolute atomic E-state index is 12.0. The fraction of sp³-hybridized carbons (Fsp3) is 0.643. The minimum Gasteiger partial charge on any atom is -0.390 e. The third kappa shape index (κ3) is 4.69. The van der Waals surface area contributed by atoms with Crippen LogP contribution in [0.5, 0.6) is 0 Å². The van der Waals surface area contributed by atoms with E-state index in [-0.39, 0.29) is 16.5 Å². The molecule has 8 heteroatoms. The van der Waals surface area contributed by atoms with Gasteiger partial charge in [0.1, 0.15) is 4.21 Å². The highest BCUT2D eigenvalue weighted by molar-refractivity contribution is 7.93. The first-order valence-electron chi connectivity index (χ1n) is 7.37. The number of aliphatic imine (C=N–C) groups is 1. The van der Waals surface area contributed by atoms with Gasteiger partial charge in [0, 0.05) is 13.1 Å². The second-order valence-corrected chi connectivity index (χ2v) is 8.94. The number of thiophene rings is 1. The van der Waals surface area contributed by atoms with Crippen molar-refractivity contribution in [2.45, 2.75) is 30.1 Å². The van der Waals surface area contributed by atoms with Crippen LogP contribution in [0.4, 0.5) is 0 Å². The van der Waals surface area contributed by atoms with Crippen molar-refractivity contribution in [3.8, 4) is 0 Å². The van der Waals surface area contributed by atoms with Crippen LogP contribution in [-0.2, 0) is 9.84 Å². The van der Waals surface area contributed by atoms with E-state index in [0.717, 1.165) is 37.3 Å². The van der Waals surface area contributed by atoms with Crippen molar-refractivity contribution in [3.05, 3.63) is 17.5 Å². The predicted octanol–water partition coefficient (Wildman–Crippen LogP) is 0.929. The summed E-state index contributed by atoms with van der Waals surface area (Å²) in [5.41, 5.74) is 5.92. The molecule has 124 valence electrons. The van der Waals surface area contributed by atoms with Gasteiger partial charge in [0.25, 0.3) is 0 Å². The van der Waals surface area contributed by atoms with Crippen molar-refractivity contribution < 1.29 is 13.5 Å². The summed E-state index contributed by atoms with van der Waals surface area (Å²) in [5.74, 6) is 0.756. The molecule has 1 atom stereocenters. The normalized spacial score (nSPS) is 19.4. The molecule has 3 N–H and O–H groups in total. The van der Waals surface area contributed by atoms with Crippen LogP contribution in [-0.4, -0.2) is 55.9 Å². The molecule has 0 aromatic carbocycles. The molecule has 6 nitrogen and oxygen atoms in total. The largest absolute Gasteiger partial charge is 0.390 e. The molecular formula is C14H23N3O3S2. The molecule has 22 heavy (non-hydrogen) atoms. The lowest BCUT2D eigenvalue weighted by Crippen LogP contribution is -2.43. The van der Waals surface area contributed by atoms with Gasteiger partial charge in [-0.3, -0.25) is 4.99 Å². The van der Waals surface area contributed by atoms with Gasteiger partial charge in [-0.2, -0.15) is 0 Å². The van der Waals surface area contributed by atoms with Crippen LogP contribution in [0.15, 0.2) is 26.7 Å². The maximum atomic E-state index is 12.0. The highest BCUT2D eigenvalue weighted by Crippen LogP contribution is 2.18. The number of hydrogen-bond acceptors (Lipinski definition) is 5. The number of nitrogens with two attached hydrogens (primary N) is 1. The third-order valence-electron chi connectivity index (χ3n) is 3.79. The van der Waals surface area contributed by atoms with Crippen LogP contribution < -0.4 is 5.73 Å². The van der Waals surface area contributed by atoms with Crippen LogP contribution in [0.1, 0.15) is 19.8 Å². The standard InChI is InChI=1S/C14H23N3O3S2/c1-11-4-6-17(7-5-11)14(15)16-9-12(18)10-22(19,20)13-3-2-8-21-13/h2-3,8,11-12,18H,4-7,9-10H2,1H3,(H2,15,16). The SMILES string of the molecule is CC1CCN(C(N)=NCC(O)CS(=O)(=O)c2cccs2)CC1. The van der Waals surface area contributed by atoms with Gasteiger partial charge in [-0.05, 0) is 30.2 Å². The van der Waals surface area contributed by atoms with Gasteiger partial charge in [-0.1, -0.05) is 13.0 Å². The molecule has 1 aliphatic rings. The van der Waals surface area contributed by atoms with Crippen molar-refractivity contribution in [3.63, 3.8) is 0 Å². The molecule has 1 unspecified atom stereocenters. The van der Waals surface area contributed by atoms with Crippen molar-refractivity contribution in [2.24, 2.45) is 16.6 Å². The molecule has 1 aromatic rings. The summed E-state index contributed by atoms with van der Waals surface area (Å²) in [6, 6.07) is 3.22.